The van der Waals surface area contributed by atoms with Gasteiger partial charge >= 0.3 is 0 Å². The van der Waals surface area contributed by atoms with Crippen LogP contribution in [0, 0.1) is 0 Å². The molecule has 0 aliphatic heterocycles. The van der Waals surface area contributed by atoms with E-state index in [1.54, 1.807) is 0 Å². The molecule has 0 aromatic carbocycles. The molecule has 1 N–H and O–H groups in total. The third-order valence-electron chi connectivity index (χ3n) is 1.04. The topological polar surface area (TPSA) is 29.1 Å². The molecule has 1 amide bonds. The van der Waals surface area contributed by atoms with Crippen molar-refractivity contribution in [3.05, 3.63) is 24.8 Å². The van der Waals surface area contributed by atoms with Crippen LogP contribution in [0.3, 0.4) is 0 Å². The molecule has 0 aliphatic carbocycles. The molecule has 0 aliphatic rings. The monoisotopic (exact) mass is 169 g/mol. The van der Waals surface area contributed by atoms with Crippen molar-refractivity contribution in [3.8, 4) is 0 Å². The summed E-state index contributed by atoms with van der Waals surface area (Å²) in [4.78, 5) is 10.5. The van der Waals surface area contributed by atoms with Gasteiger partial charge in [-0.25, -0.2) is 0 Å². The first-order valence-electron chi connectivity index (χ1n) is 4.21. The standard InChI is InChI=1S/C8H13NO.C2H6/c1-4-8(10)9-6-5-7(2)3;1-2/h4H,1-2,5-6H2,3H3,(H,9,10);1-2H3. The van der Waals surface area contributed by atoms with Crippen molar-refractivity contribution in [2.75, 3.05) is 6.54 Å². The lowest BCUT2D eigenvalue weighted by Crippen LogP contribution is -2.21. The lowest BCUT2D eigenvalue weighted by molar-refractivity contribution is -0.116. The summed E-state index contributed by atoms with van der Waals surface area (Å²) in [7, 11) is 0. The summed E-state index contributed by atoms with van der Waals surface area (Å²) >= 11 is 0. The van der Waals surface area contributed by atoms with Crippen LogP contribution in [0.15, 0.2) is 24.8 Å². The fraction of sp³-hybridized carbons (Fsp3) is 0.500. The van der Waals surface area contributed by atoms with Gasteiger partial charge in [0.2, 0.25) is 5.91 Å². The zero-order valence-electron chi connectivity index (χ0n) is 8.31. The normalized spacial score (nSPS) is 7.58. The molecule has 70 valence electrons. The van der Waals surface area contributed by atoms with Gasteiger partial charge in [0, 0.05) is 6.54 Å². The SMILES string of the molecule is C=CC(=O)NCCC(=C)C.CC. The lowest BCUT2D eigenvalue weighted by Gasteiger charge is -1.99. The Bertz CT molecular complexity index is 150. The van der Waals surface area contributed by atoms with Crippen LogP contribution in [0.4, 0.5) is 0 Å². The van der Waals surface area contributed by atoms with Gasteiger partial charge in [0.25, 0.3) is 0 Å². The van der Waals surface area contributed by atoms with Crippen LogP contribution in [0.1, 0.15) is 27.2 Å². The Hall–Kier alpha value is -1.05. The first-order chi connectivity index (χ1) is 5.66. The largest absolute Gasteiger partial charge is 0.352 e. The third kappa shape index (κ3) is 11.7. The Morgan fingerprint density at radius 2 is 2.00 bits per heavy atom. The Balaban J connectivity index is 0. The smallest absolute Gasteiger partial charge is 0.243 e. The van der Waals surface area contributed by atoms with E-state index in [1.165, 1.54) is 6.08 Å². The number of nitrogens with one attached hydrogen (secondary N) is 1. The zero-order chi connectivity index (χ0) is 9.98. The minimum Gasteiger partial charge on any atom is -0.352 e. The molecule has 0 atom stereocenters. The molecule has 0 unspecified atom stereocenters. The van der Waals surface area contributed by atoms with Crippen molar-refractivity contribution >= 4 is 5.91 Å². The number of carbonyl (C=O) groups excluding carboxylic acids is 1. The van der Waals surface area contributed by atoms with E-state index in [4.69, 9.17) is 0 Å². The molecule has 0 radical (unpaired) electrons. The van der Waals surface area contributed by atoms with Crippen molar-refractivity contribution in [1.82, 2.24) is 5.32 Å². The Morgan fingerprint density at radius 3 is 2.33 bits per heavy atom. The second-order valence-corrected chi connectivity index (χ2v) is 2.20. The molecular formula is C10H19NO. The second-order valence-electron chi connectivity index (χ2n) is 2.20. The van der Waals surface area contributed by atoms with Crippen molar-refractivity contribution in [2.45, 2.75) is 27.2 Å². The fourth-order valence-corrected chi connectivity index (χ4v) is 0.471. The maximum atomic E-state index is 10.5. The van der Waals surface area contributed by atoms with Crippen LogP contribution in [0.5, 0.6) is 0 Å². The number of hydrogen-bond donors (Lipinski definition) is 1. The van der Waals surface area contributed by atoms with Crippen LogP contribution < -0.4 is 5.32 Å². The van der Waals surface area contributed by atoms with Crippen LogP contribution in [0.2, 0.25) is 0 Å². The van der Waals surface area contributed by atoms with E-state index in [9.17, 15) is 4.79 Å². The summed E-state index contributed by atoms with van der Waals surface area (Å²) in [6.07, 6.45) is 2.10. The van der Waals surface area contributed by atoms with Crippen LogP contribution in [0.25, 0.3) is 0 Å². The van der Waals surface area contributed by atoms with Crippen molar-refractivity contribution < 1.29 is 4.79 Å². The summed E-state index contributed by atoms with van der Waals surface area (Å²) < 4.78 is 0. The van der Waals surface area contributed by atoms with Gasteiger partial charge in [-0.15, -0.1) is 6.58 Å². The minimum absolute atomic E-state index is 0.124. The second kappa shape index (κ2) is 9.95. The Kier molecular flexibility index (Phi) is 11.2. The molecular weight excluding hydrogens is 150 g/mol. The first-order valence-corrected chi connectivity index (χ1v) is 4.21. The summed E-state index contributed by atoms with van der Waals surface area (Å²) in [5.41, 5.74) is 1.07. The van der Waals surface area contributed by atoms with Crippen LogP contribution in [-0.2, 0) is 4.79 Å². The number of hydrogen-bond acceptors (Lipinski definition) is 1. The van der Waals surface area contributed by atoms with Gasteiger partial charge < -0.3 is 5.32 Å². The zero-order valence-corrected chi connectivity index (χ0v) is 8.31. The molecule has 0 saturated carbocycles. The van der Waals surface area contributed by atoms with Gasteiger partial charge in [-0.3, -0.25) is 4.79 Å². The van der Waals surface area contributed by atoms with Gasteiger partial charge in [-0.2, -0.15) is 0 Å². The predicted molar refractivity (Wildman–Crippen MR) is 54.0 cm³/mol. The highest BCUT2D eigenvalue weighted by atomic mass is 16.1. The summed E-state index contributed by atoms with van der Waals surface area (Å²) in [6.45, 7) is 13.6. The van der Waals surface area contributed by atoms with Crippen LogP contribution in [-0.4, -0.2) is 12.5 Å². The van der Waals surface area contributed by atoms with E-state index in [0.717, 1.165) is 12.0 Å². The van der Waals surface area contributed by atoms with Gasteiger partial charge in [0.15, 0.2) is 0 Å². The molecule has 0 saturated heterocycles. The van der Waals surface area contributed by atoms with Gasteiger partial charge in [-0.05, 0) is 19.4 Å². The summed E-state index contributed by atoms with van der Waals surface area (Å²) in [5.74, 6) is -0.124. The van der Waals surface area contributed by atoms with Gasteiger partial charge in [0.05, 0.1) is 0 Å². The van der Waals surface area contributed by atoms with Gasteiger partial charge in [-0.1, -0.05) is 26.0 Å². The Morgan fingerprint density at radius 1 is 1.50 bits per heavy atom. The minimum atomic E-state index is -0.124. The predicted octanol–water partition coefficient (Wildman–Crippen LogP) is 2.28. The molecule has 2 nitrogen and oxygen atoms in total. The Labute approximate surface area is 75.4 Å². The average Bonchev–Trinajstić information content (AvgIpc) is 2.07. The first kappa shape index (κ1) is 13.5. The van der Waals surface area contributed by atoms with Gasteiger partial charge in [0.1, 0.15) is 0 Å². The number of carbonyl (C=O) groups is 1. The molecule has 0 fully saturated rings. The molecule has 2 heteroatoms. The molecule has 0 bridgehead atoms. The number of amides is 1. The quantitative estimate of drug-likeness (QED) is 0.507. The lowest BCUT2D eigenvalue weighted by atomic mass is 10.2. The van der Waals surface area contributed by atoms with E-state index in [1.807, 2.05) is 20.8 Å². The molecule has 0 aromatic heterocycles. The highest BCUT2D eigenvalue weighted by molar-refractivity contribution is 5.86. The molecule has 0 aromatic rings. The van der Waals surface area contributed by atoms with E-state index in [-0.39, 0.29) is 5.91 Å². The highest BCUT2D eigenvalue weighted by Gasteiger charge is 1.91. The number of rotatable bonds is 4. The molecule has 0 rings (SSSR count). The maximum absolute atomic E-state index is 10.5. The molecule has 12 heavy (non-hydrogen) atoms. The van der Waals surface area contributed by atoms with E-state index >= 15 is 0 Å². The van der Waals surface area contributed by atoms with Crippen molar-refractivity contribution in [2.24, 2.45) is 0 Å². The maximum Gasteiger partial charge on any atom is 0.243 e. The summed E-state index contributed by atoms with van der Waals surface area (Å²) in [5, 5.41) is 2.65. The average molecular weight is 169 g/mol. The van der Waals surface area contributed by atoms with E-state index in [2.05, 4.69) is 18.5 Å². The molecule has 0 heterocycles. The van der Waals surface area contributed by atoms with E-state index in [0.29, 0.717) is 6.54 Å². The van der Waals surface area contributed by atoms with Crippen molar-refractivity contribution in [3.63, 3.8) is 0 Å². The third-order valence-corrected chi connectivity index (χ3v) is 1.04. The highest BCUT2D eigenvalue weighted by Crippen LogP contribution is 1.91. The summed E-state index contributed by atoms with van der Waals surface area (Å²) in [6, 6.07) is 0. The van der Waals surface area contributed by atoms with E-state index < -0.39 is 0 Å². The molecule has 0 spiro atoms. The van der Waals surface area contributed by atoms with Crippen LogP contribution >= 0.6 is 0 Å². The van der Waals surface area contributed by atoms with Crippen molar-refractivity contribution in [1.29, 1.82) is 0 Å². The fourth-order valence-electron chi connectivity index (χ4n) is 0.471.